The van der Waals surface area contributed by atoms with Gasteiger partial charge >= 0.3 is 0 Å². The summed E-state index contributed by atoms with van der Waals surface area (Å²) < 4.78 is 5.67. The Morgan fingerprint density at radius 2 is 2.06 bits per heavy atom. The van der Waals surface area contributed by atoms with E-state index in [9.17, 15) is 5.11 Å². The van der Waals surface area contributed by atoms with Gasteiger partial charge in [0.15, 0.2) is 0 Å². The fourth-order valence-electron chi connectivity index (χ4n) is 2.56. The third-order valence-corrected chi connectivity index (χ3v) is 3.78. The predicted molar refractivity (Wildman–Crippen MR) is 72.9 cm³/mol. The lowest BCUT2D eigenvalue weighted by Crippen LogP contribution is -2.46. The van der Waals surface area contributed by atoms with Crippen molar-refractivity contribution in [2.45, 2.75) is 32.5 Å². The van der Waals surface area contributed by atoms with Crippen molar-refractivity contribution in [1.82, 2.24) is 4.90 Å². The molecule has 2 unspecified atom stereocenters. The van der Waals surface area contributed by atoms with Crippen molar-refractivity contribution < 1.29 is 9.84 Å². The molecule has 1 aromatic carbocycles. The highest BCUT2D eigenvalue weighted by molar-refractivity contribution is 5.34. The summed E-state index contributed by atoms with van der Waals surface area (Å²) in [6.07, 6.45) is 0.187. The molecule has 100 valence electrons. The fourth-order valence-corrected chi connectivity index (χ4v) is 2.56. The molecule has 1 aromatic rings. The highest BCUT2D eigenvalue weighted by Gasteiger charge is 2.25. The largest absolute Gasteiger partial charge is 0.390 e. The van der Waals surface area contributed by atoms with Crippen LogP contribution in [0.4, 0.5) is 0 Å². The molecule has 0 saturated carbocycles. The molecule has 1 aliphatic heterocycles. The third kappa shape index (κ3) is 3.10. The van der Waals surface area contributed by atoms with Crippen LogP contribution in [-0.2, 0) is 11.2 Å². The first-order valence-electron chi connectivity index (χ1n) is 6.61. The number of hydrogen-bond donors (Lipinski definition) is 1. The number of likely N-dealkylation sites (N-methyl/N-ethyl adjacent to an activating group) is 1. The minimum atomic E-state index is -0.424. The molecular formula is C15H23NO2. The number of benzene rings is 1. The van der Waals surface area contributed by atoms with E-state index in [0.29, 0.717) is 13.0 Å². The number of aliphatic hydroxyl groups is 1. The monoisotopic (exact) mass is 249 g/mol. The quantitative estimate of drug-likeness (QED) is 0.882. The SMILES string of the molecule is Cc1cccc(C)c1CC(O)C1CN(C)CCO1. The Morgan fingerprint density at radius 3 is 2.67 bits per heavy atom. The van der Waals surface area contributed by atoms with Gasteiger partial charge in [-0.1, -0.05) is 18.2 Å². The van der Waals surface area contributed by atoms with Crippen LogP contribution in [0.1, 0.15) is 16.7 Å². The van der Waals surface area contributed by atoms with E-state index in [0.717, 1.165) is 13.1 Å². The minimum absolute atomic E-state index is 0.0669. The van der Waals surface area contributed by atoms with Gasteiger partial charge in [0, 0.05) is 19.5 Å². The van der Waals surface area contributed by atoms with E-state index in [1.165, 1.54) is 16.7 Å². The number of nitrogens with zero attached hydrogens (tertiary/aromatic N) is 1. The van der Waals surface area contributed by atoms with Crippen molar-refractivity contribution >= 4 is 0 Å². The minimum Gasteiger partial charge on any atom is -0.390 e. The van der Waals surface area contributed by atoms with Gasteiger partial charge in [-0.2, -0.15) is 0 Å². The van der Waals surface area contributed by atoms with Gasteiger partial charge in [-0.3, -0.25) is 0 Å². The molecule has 2 rings (SSSR count). The molecule has 3 heteroatoms. The molecule has 0 radical (unpaired) electrons. The van der Waals surface area contributed by atoms with Gasteiger partial charge in [-0.05, 0) is 37.6 Å². The first-order valence-corrected chi connectivity index (χ1v) is 6.61. The lowest BCUT2D eigenvalue weighted by atomic mass is 9.95. The second kappa shape index (κ2) is 5.83. The van der Waals surface area contributed by atoms with E-state index >= 15 is 0 Å². The van der Waals surface area contributed by atoms with Crippen LogP contribution in [0.5, 0.6) is 0 Å². The highest BCUT2D eigenvalue weighted by atomic mass is 16.5. The number of ether oxygens (including phenoxy) is 1. The first-order chi connectivity index (χ1) is 8.58. The van der Waals surface area contributed by atoms with Crippen LogP contribution in [0.25, 0.3) is 0 Å². The number of rotatable bonds is 3. The molecule has 2 atom stereocenters. The molecule has 0 amide bonds. The number of hydrogen-bond acceptors (Lipinski definition) is 3. The van der Waals surface area contributed by atoms with E-state index in [1.54, 1.807) is 0 Å². The molecule has 1 fully saturated rings. The standard InChI is InChI=1S/C15H23NO2/c1-11-5-4-6-12(2)13(11)9-14(17)15-10-16(3)7-8-18-15/h4-6,14-15,17H,7-10H2,1-3H3. The molecule has 0 aromatic heterocycles. The number of aryl methyl sites for hydroxylation is 2. The predicted octanol–water partition coefficient (Wildman–Crippen LogP) is 1.54. The Kier molecular flexibility index (Phi) is 4.38. The first kappa shape index (κ1) is 13.5. The molecule has 0 aliphatic carbocycles. The zero-order valence-electron chi connectivity index (χ0n) is 11.5. The van der Waals surface area contributed by atoms with Crippen molar-refractivity contribution in [2.24, 2.45) is 0 Å². The normalized spacial score (nSPS) is 23.0. The summed E-state index contributed by atoms with van der Waals surface area (Å²) in [4.78, 5) is 2.21. The van der Waals surface area contributed by atoms with Gasteiger partial charge in [-0.15, -0.1) is 0 Å². The molecule has 0 spiro atoms. The second-order valence-electron chi connectivity index (χ2n) is 5.31. The molecule has 1 saturated heterocycles. The number of aliphatic hydroxyl groups excluding tert-OH is 1. The van der Waals surface area contributed by atoms with Crippen LogP contribution in [-0.4, -0.2) is 49.0 Å². The Labute approximate surface area is 109 Å². The van der Waals surface area contributed by atoms with Crippen LogP contribution < -0.4 is 0 Å². The van der Waals surface area contributed by atoms with Crippen molar-refractivity contribution in [3.05, 3.63) is 34.9 Å². The highest BCUT2D eigenvalue weighted by Crippen LogP contribution is 2.18. The Balaban J connectivity index is 2.04. The van der Waals surface area contributed by atoms with E-state index in [-0.39, 0.29) is 6.10 Å². The molecule has 1 heterocycles. The van der Waals surface area contributed by atoms with Crippen LogP contribution >= 0.6 is 0 Å². The topological polar surface area (TPSA) is 32.7 Å². The average Bonchev–Trinajstić information content (AvgIpc) is 2.34. The summed E-state index contributed by atoms with van der Waals surface area (Å²) in [5.41, 5.74) is 3.75. The average molecular weight is 249 g/mol. The van der Waals surface area contributed by atoms with Gasteiger partial charge in [0.05, 0.1) is 18.8 Å². The zero-order chi connectivity index (χ0) is 13.1. The lowest BCUT2D eigenvalue weighted by molar-refractivity contribution is -0.0823. The van der Waals surface area contributed by atoms with E-state index in [2.05, 4.69) is 44.0 Å². The second-order valence-corrected chi connectivity index (χ2v) is 5.31. The van der Waals surface area contributed by atoms with Crippen LogP contribution in [0.15, 0.2) is 18.2 Å². The van der Waals surface area contributed by atoms with Crippen molar-refractivity contribution in [2.75, 3.05) is 26.7 Å². The van der Waals surface area contributed by atoms with Crippen LogP contribution in [0.2, 0.25) is 0 Å². The molecule has 0 bridgehead atoms. The Bertz CT molecular complexity index is 385. The summed E-state index contributed by atoms with van der Waals surface area (Å²) in [6.45, 7) is 6.68. The van der Waals surface area contributed by atoms with E-state index in [4.69, 9.17) is 4.74 Å². The zero-order valence-corrected chi connectivity index (χ0v) is 11.5. The van der Waals surface area contributed by atoms with Gasteiger partial charge in [-0.25, -0.2) is 0 Å². The number of morpholine rings is 1. The maximum Gasteiger partial charge on any atom is 0.0964 e. The van der Waals surface area contributed by atoms with Gasteiger partial charge in [0.2, 0.25) is 0 Å². The Hall–Kier alpha value is -0.900. The summed E-state index contributed by atoms with van der Waals surface area (Å²) in [7, 11) is 2.07. The molecule has 1 N–H and O–H groups in total. The molecule has 1 aliphatic rings. The summed E-state index contributed by atoms with van der Waals surface area (Å²) in [5, 5.41) is 10.3. The van der Waals surface area contributed by atoms with Crippen LogP contribution in [0.3, 0.4) is 0 Å². The fraction of sp³-hybridized carbons (Fsp3) is 0.600. The summed E-state index contributed by atoms with van der Waals surface area (Å²) in [5.74, 6) is 0. The van der Waals surface area contributed by atoms with Crippen molar-refractivity contribution in [3.63, 3.8) is 0 Å². The molecule has 3 nitrogen and oxygen atoms in total. The van der Waals surface area contributed by atoms with Crippen LogP contribution in [0, 0.1) is 13.8 Å². The molecule has 18 heavy (non-hydrogen) atoms. The lowest BCUT2D eigenvalue weighted by Gasteiger charge is -2.33. The smallest absolute Gasteiger partial charge is 0.0964 e. The Morgan fingerprint density at radius 1 is 1.39 bits per heavy atom. The third-order valence-electron chi connectivity index (χ3n) is 3.78. The van der Waals surface area contributed by atoms with Gasteiger partial charge < -0.3 is 14.7 Å². The maximum atomic E-state index is 10.3. The van der Waals surface area contributed by atoms with E-state index < -0.39 is 6.10 Å². The van der Waals surface area contributed by atoms with Crippen molar-refractivity contribution in [1.29, 1.82) is 0 Å². The maximum absolute atomic E-state index is 10.3. The van der Waals surface area contributed by atoms with Crippen molar-refractivity contribution in [3.8, 4) is 0 Å². The van der Waals surface area contributed by atoms with Gasteiger partial charge in [0.1, 0.15) is 0 Å². The summed E-state index contributed by atoms with van der Waals surface area (Å²) in [6, 6.07) is 6.26. The van der Waals surface area contributed by atoms with Gasteiger partial charge in [0.25, 0.3) is 0 Å². The summed E-state index contributed by atoms with van der Waals surface area (Å²) >= 11 is 0. The van der Waals surface area contributed by atoms with E-state index in [1.807, 2.05) is 0 Å². The molecular weight excluding hydrogens is 226 g/mol.